The number of rotatable bonds is 6. The van der Waals surface area contributed by atoms with Crippen LogP contribution in [0.5, 0.6) is 0 Å². The van der Waals surface area contributed by atoms with Gasteiger partial charge in [-0.3, -0.25) is 14.5 Å². The van der Waals surface area contributed by atoms with Gasteiger partial charge in [0.05, 0.1) is 11.1 Å². The molecule has 126 valence electrons. The molecule has 0 unspecified atom stereocenters. The number of benzene rings is 2. The molecule has 2 amide bonds. The number of esters is 1. The third-order valence-electron chi connectivity index (χ3n) is 4.02. The Morgan fingerprint density at radius 3 is 2.12 bits per heavy atom. The van der Waals surface area contributed by atoms with Crippen molar-refractivity contribution >= 4 is 17.8 Å². The van der Waals surface area contributed by atoms with Gasteiger partial charge < -0.3 is 4.74 Å². The van der Waals surface area contributed by atoms with Crippen LogP contribution >= 0.6 is 0 Å². The summed E-state index contributed by atoms with van der Waals surface area (Å²) in [6.07, 6.45) is 1.64. The molecule has 5 nitrogen and oxygen atoms in total. The highest BCUT2D eigenvalue weighted by molar-refractivity contribution is 6.22. The predicted octanol–water partition coefficient (Wildman–Crippen LogP) is 2.97. The summed E-state index contributed by atoms with van der Waals surface area (Å²) in [5.41, 5.74) is 1.44. The van der Waals surface area contributed by atoms with Gasteiger partial charge in [0.1, 0.15) is 12.6 Å². The second kappa shape index (κ2) is 7.13. The molecule has 0 spiro atoms. The van der Waals surface area contributed by atoms with Crippen LogP contribution in [0.2, 0.25) is 0 Å². The lowest BCUT2D eigenvalue weighted by atomic mass is 10.1. The van der Waals surface area contributed by atoms with Gasteiger partial charge in [0.2, 0.25) is 0 Å². The number of ether oxygens (including phenoxy) is 1. The minimum absolute atomic E-state index is 0.0798. The Morgan fingerprint density at radius 1 is 1.00 bits per heavy atom. The van der Waals surface area contributed by atoms with Crippen LogP contribution in [0.15, 0.2) is 67.3 Å². The smallest absolute Gasteiger partial charge is 0.330 e. The van der Waals surface area contributed by atoms with E-state index in [1.54, 1.807) is 24.3 Å². The van der Waals surface area contributed by atoms with E-state index in [2.05, 4.69) is 6.58 Å². The van der Waals surface area contributed by atoms with E-state index < -0.39 is 23.8 Å². The summed E-state index contributed by atoms with van der Waals surface area (Å²) >= 11 is 0. The van der Waals surface area contributed by atoms with Crippen molar-refractivity contribution in [2.75, 3.05) is 0 Å². The summed E-state index contributed by atoms with van der Waals surface area (Å²) in [7, 11) is 0. The molecule has 2 aromatic carbocycles. The van der Waals surface area contributed by atoms with E-state index in [-0.39, 0.29) is 13.0 Å². The van der Waals surface area contributed by atoms with Crippen LogP contribution in [-0.2, 0) is 16.1 Å². The van der Waals surface area contributed by atoms with Gasteiger partial charge in [0.25, 0.3) is 11.8 Å². The molecule has 0 saturated carbocycles. The fourth-order valence-corrected chi connectivity index (χ4v) is 2.78. The zero-order valence-electron chi connectivity index (χ0n) is 13.6. The van der Waals surface area contributed by atoms with E-state index in [9.17, 15) is 14.4 Å². The summed E-state index contributed by atoms with van der Waals surface area (Å²) in [6.45, 7) is 3.69. The van der Waals surface area contributed by atoms with Gasteiger partial charge in [-0.05, 0) is 24.1 Å². The van der Waals surface area contributed by atoms with Gasteiger partial charge in [-0.25, -0.2) is 4.79 Å². The van der Waals surface area contributed by atoms with Crippen LogP contribution in [0.3, 0.4) is 0 Å². The normalized spacial score (nSPS) is 14.2. The molecule has 1 aliphatic heterocycles. The fourth-order valence-electron chi connectivity index (χ4n) is 2.78. The fraction of sp³-hybridized carbons (Fsp3) is 0.150. The molecule has 0 aromatic heterocycles. The highest BCUT2D eigenvalue weighted by atomic mass is 16.5. The van der Waals surface area contributed by atoms with Crippen LogP contribution in [0, 0.1) is 0 Å². The Labute approximate surface area is 145 Å². The van der Waals surface area contributed by atoms with Gasteiger partial charge in [-0.15, -0.1) is 6.58 Å². The van der Waals surface area contributed by atoms with E-state index in [1.165, 1.54) is 6.08 Å². The highest BCUT2D eigenvalue weighted by Gasteiger charge is 2.42. The standard InChI is InChI=1S/C20H17NO4/c1-2-8-17(20(24)25-13-14-9-4-3-5-10-14)21-18(22)15-11-6-7-12-16(15)19(21)23/h2-7,9-12,17H,1,8,13H2/t17-/m0/s1. The SMILES string of the molecule is C=CC[C@@H](C(=O)OCc1ccccc1)N1C(=O)c2ccccc2C1=O. The van der Waals surface area contributed by atoms with Crippen molar-refractivity contribution in [3.05, 3.63) is 83.9 Å². The maximum Gasteiger partial charge on any atom is 0.330 e. The number of nitrogens with zero attached hydrogens (tertiary/aromatic N) is 1. The summed E-state index contributed by atoms with van der Waals surface area (Å²) < 4.78 is 5.32. The van der Waals surface area contributed by atoms with Crippen LogP contribution < -0.4 is 0 Å². The molecule has 0 N–H and O–H groups in total. The lowest BCUT2D eigenvalue weighted by Crippen LogP contribution is -2.45. The number of carbonyl (C=O) groups is 3. The first-order valence-electron chi connectivity index (χ1n) is 7.92. The zero-order chi connectivity index (χ0) is 17.8. The van der Waals surface area contributed by atoms with Crippen molar-refractivity contribution in [2.24, 2.45) is 0 Å². The van der Waals surface area contributed by atoms with Gasteiger partial charge in [-0.1, -0.05) is 48.5 Å². The van der Waals surface area contributed by atoms with Gasteiger partial charge in [0.15, 0.2) is 0 Å². The molecular weight excluding hydrogens is 318 g/mol. The van der Waals surface area contributed by atoms with Crippen LogP contribution in [0.25, 0.3) is 0 Å². The number of fused-ring (bicyclic) bond motifs is 1. The maximum absolute atomic E-state index is 12.6. The molecule has 3 rings (SSSR count). The molecule has 25 heavy (non-hydrogen) atoms. The third kappa shape index (κ3) is 3.21. The lowest BCUT2D eigenvalue weighted by molar-refractivity contribution is -0.149. The molecule has 0 saturated heterocycles. The average Bonchev–Trinajstić information content (AvgIpc) is 2.90. The quantitative estimate of drug-likeness (QED) is 0.462. The Hall–Kier alpha value is -3.21. The molecule has 0 radical (unpaired) electrons. The Morgan fingerprint density at radius 2 is 1.56 bits per heavy atom. The molecule has 0 aliphatic carbocycles. The number of carbonyl (C=O) groups excluding carboxylic acids is 3. The summed E-state index contributed by atoms with van der Waals surface area (Å²) in [6, 6.07) is 14.7. The van der Waals surface area contributed by atoms with E-state index >= 15 is 0 Å². The summed E-state index contributed by atoms with van der Waals surface area (Å²) in [5, 5.41) is 0. The minimum atomic E-state index is -1.02. The van der Waals surface area contributed by atoms with Crippen molar-refractivity contribution in [2.45, 2.75) is 19.1 Å². The van der Waals surface area contributed by atoms with Gasteiger partial charge in [-0.2, -0.15) is 0 Å². The number of hydrogen-bond acceptors (Lipinski definition) is 4. The zero-order valence-corrected chi connectivity index (χ0v) is 13.6. The monoisotopic (exact) mass is 335 g/mol. The molecule has 5 heteroatoms. The predicted molar refractivity (Wildman–Crippen MR) is 91.8 cm³/mol. The summed E-state index contributed by atoms with van der Waals surface area (Å²) in [5.74, 6) is -1.59. The first-order valence-corrected chi connectivity index (χ1v) is 7.92. The largest absolute Gasteiger partial charge is 0.459 e. The van der Waals surface area contributed by atoms with E-state index in [0.717, 1.165) is 10.5 Å². The van der Waals surface area contributed by atoms with Crippen LogP contribution in [0.4, 0.5) is 0 Å². The molecule has 2 aromatic rings. The van der Waals surface area contributed by atoms with Crippen LogP contribution in [-0.4, -0.2) is 28.7 Å². The first-order chi connectivity index (χ1) is 12.1. The molecule has 1 aliphatic rings. The van der Waals surface area contributed by atoms with Crippen molar-refractivity contribution in [1.82, 2.24) is 4.90 Å². The average molecular weight is 335 g/mol. The molecule has 1 atom stereocenters. The van der Waals surface area contributed by atoms with Crippen molar-refractivity contribution in [3.63, 3.8) is 0 Å². The van der Waals surface area contributed by atoms with E-state index in [1.807, 2.05) is 30.3 Å². The third-order valence-corrected chi connectivity index (χ3v) is 4.02. The Bertz CT molecular complexity index is 794. The first kappa shape index (κ1) is 16.6. The highest BCUT2D eigenvalue weighted by Crippen LogP contribution is 2.26. The summed E-state index contributed by atoms with van der Waals surface area (Å²) in [4.78, 5) is 38.6. The number of imide groups is 1. The molecule has 1 heterocycles. The van der Waals surface area contributed by atoms with Crippen molar-refractivity contribution in [1.29, 1.82) is 0 Å². The van der Waals surface area contributed by atoms with E-state index in [4.69, 9.17) is 4.74 Å². The minimum Gasteiger partial charge on any atom is -0.459 e. The topological polar surface area (TPSA) is 63.7 Å². The molecular formula is C20H17NO4. The van der Waals surface area contributed by atoms with Gasteiger partial charge in [0, 0.05) is 0 Å². The molecule has 0 bridgehead atoms. The molecule has 0 fully saturated rings. The van der Waals surface area contributed by atoms with Gasteiger partial charge >= 0.3 is 5.97 Å². The van der Waals surface area contributed by atoms with E-state index in [0.29, 0.717) is 11.1 Å². The Balaban J connectivity index is 1.79. The van der Waals surface area contributed by atoms with Crippen molar-refractivity contribution < 1.29 is 19.1 Å². The van der Waals surface area contributed by atoms with Crippen LogP contribution in [0.1, 0.15) is 32.7 Å². The number of amides is 2. The second-order valence-electron chi connectivity index (χ2n) is 5.66. The van der Waals surface area contributed by atoms with Crippen molar-refractivity contribution in [3.8, 4) is 0 Å². The second-order valence-corrected chi connectivity index (χ2v) is 5.66. The lowest BCUT2D eigenvalue weighted by Gasteiger charge is -2.23. The maximum atomic E-state index is 12.6. The number of hydrogen-bond donors (Lipinski definition) is 0. The Kier molecular flexibility index (Phi) is 4.75.